The predicted octanol–water partition coefficient (Wildman–Crippen LogP) is 5.75. The number of nitrogens with zero attached hydrogens (tertiary/aromatic N) is 4. The number of fused-ring (bicyclic) bond motifs is 1. The van der Waals surface area contributed by atoms with E-state index in [9.17, 15) is 18.3 Å². The van der Waals surface area contributed by atoms with Gasteiger partial charge in [0.2, 0.25) is 0 Å². The molecule has 1 aliphatic rings. The fourth-order valence-electron chi connectivity index (χ4n) is 4.69. The summed E-state index contributed by atoms with van der Waals surface area (Å²) in [5, 5.41) is 14.6. The number of benzene rings is 2. The van der Waals surface area contributed by atoms with E-state index in [2.05, 4.69) is 17.0 Å². The maximum Gasteiger partial charge on any atom is 0.416 e. The van der Waals surface area contributed by atoms with Crippen LogP contribution in [0.1, 0.15) is 34.9 Å². The molecule has 0 amide bonds. The van der Waals surface area contributed by atoms with Crippen LogP contribution in [0, 0.1) is 0 Å². The number of rotatable bonds is 6. The number of anilines is 1. The standard InChI is InChI=1S/C25H27Cl2F3N4O/c1-4-22-19(13-33-12-16-8-6-5-7-15(16)9-18(33)14-35)24(32(2)3)34(31-22)23-20(26)10-17(11-21(23)27)25(28,29)30/h5-8,10-11,18,35H,4,9,12-14H2,1-3H3. The predicted molar refractivity (Wildman–Crippen MR) is 133 cm³/mol. The Bertz CT molecular complexity index is 1200. The van der Waals surface area contributed by atoms with Crippen molar-refractivity contribution in [2.24, 2.45) is 0 Å². The lowest BCUT2D eigenvalue weighted by Gasteiger charge is -2.36. The average molecular weight is 527 g/mol. The summed E-state index contributed by atoms with van der Waals surface area (Å²) in [5.41, 5.74) is 3.43. The number of aliphatic hydroxyl groups is 1. The van der Waals surface area contributed by atoms with E-state index in [1.165, 1.54) is 15.8 Å². The molecule has 5 nitrogen and oxygen atoms in total. The van der Waals surface area contributed by atoms with Gasteiger partial charge < -0.3 is 10.0 Å². The lowest BCUT2D eigenvalue weighted by atomic mass is 9.93. The van der Waals surface area contributed by atoms with Gasteiger partial charge in [0.05, 0.1) is 27.9 Å². The van der Waals surface area contributed by atoms with Crippen LogP contribution in [0.4, 0.5) is 19.0 Å². The minimum Gasteiger partial charge on any atom is -0.395 e. The Morgan fingerprint density at radius 1 is 1.11 bits per heavy atom. The first-order valence-corrected chi connectivity index (χ1v) is 12.1. The Morgan fingerprint density at radius 3 is 2.29 bits per heavy atom. The van der Waals surface area contributed by atoms with Crippen LogP contribution in [0.2, 0.25) is 10.0 Å². The van der Waals surface area contributed by atoms with Gasteiger partial charge in [-0.15, -0.1) is 0 Å². The van der Waals surface area contributed by atoms with Gasteiger partial charge in [-0.3, -0.25) is 4.90 Å². The van der Waals surface area contributed by atoms with Gasteiger partial charge in [0.15, 0.2) is 0 Å². The van der Waals surface area contributed by atoms with E-state index in [4.69, 9.17) is 28.3 Å². The molecule has 0 fully saturated rings. The van der Waals surface area contributed by atoms with E-state index in [1.807, 2.05) is 38.1 Å². The average Bonchev–Trinajstić information content (AvgIpc) is 3.15. The molecule has 10 heteroatoms. The summed E-state index contributed by atoms with van der Waals surface area (Å²) in [5.74, 6) is 0.681. The first-order chi connectivity index (χ1) is 16.5. The molecule has 188 valence electrons. The SMILES string of the molecule is CCc1nn(-c2c(Cl)cc(C(F)(F)F)cc2Cl)c(N(C)C)c1CN1Cc2ccccc2CC1CO. The van der Waals surface area contributed by atoms with Crippen LogP contribution in [0.25, 0.3) is 5.69 Å². The highest BCUT2D eigenvalue weighted by atomic mass is 35.5. The number of aliphatic hydroxyl groups excluding tert-OH is 1. The summed E-state index contributed by atoms with van der Waals surface area (Å²) < 4.78 is 41.4. The van der Waals surface area contributed by atoms with Crippen molar-refractivity contribution in [2.75, 3.05) is 25.6 Å². The maximum atomic E-state index is 13.3. The number of alkyl halides is 3. The normalized spacial score (nSPS) is 16.4. The van der Waals surface area contributed by atoms with E-state index in [0.717, 1.165) is 29.8 Å². The number of aromatic nitrogens is 2. The Balaban J connectivity index is 1.80. The van der Waals surface area contributed by atoms with Gasteiger partial charge in [0, 0.05) is 38.8 Å². The lowest BCUT2D eigenvalue weighted by Crippen LogP contribution is -2.42. The van der Waals surface area contributed by atoms with E-state index in [-0.39, 0.29) is 28.4 Å². The highest BCUT2D eigenvalue weighted by Gasteiger charge is 2.34. The van der Waals surface area contributed by atoms with Crippen molar-refractivity contribution >= 4 is 29.0 Å². The Hall–Kier alpha value is -2.26. The molecule has 0 radical (unpaired) electrons. The van der Waals surface area contributed by atoms with Crippen LogP contribution < -0.4 is 4.90 Å². The zero-order chi connectivity index (χ0) is 25.5. The van der Waals surface area contributed by atoms with Gasteiger partial charge in [-0.2, -0.15) is 18.3 Å². The molecule has 0 bridgehead atoms. The highest BCUT2D eigenvalue weighted by molar-refractivity contribution is 6.38. The van der Waals surface area contributed by atoms with Crippen LogP contribution in [-0.2, 0) is 32.1 Å². The summed E-state index contributed by atoms with van der Waals surface area (Å²) in [4.78, 5) is 4.07. The van der Waals surface area contributed by atoms with Crippen LogP contribution in [0.15, 0.2) is 36.4 Å². The molecule has 2 aromatic carbocycles. The first kappa shape index (κ1) is 25.8. The van der Waals surface area contributed by atoms with Gasteiger partial charge in [-0.1, -0.05) is 54.4 Å². The zero-order valence-corrected chi connectivity index (χ0v) is 21.2. The van der Waals surface area contributed by atoms with E-state index in [1.54, 1.807) is 0 Å². The third-order valence-corrected chi connectivity index (χ3v) is 6.97. The van der Waals surface area contributed by atoms with E-state index in [0.29, 0.717) is 25.3 Å². The second kappa shape index (κ2) is 10.0. The Kier molecular flexibility index (Phi) is 7.38. The van der Waals surface area contributed by atoms with Crippen molar-refractivity contribution < 1.29 is 18.3 Å². The van der Waals surface area contributed by atoms with Gasteiger partial charge in [0.25, 0.3) is 0 Å². The lowest BCUT2D eigenvalue weighted by molar-refractivity contribution is -0.137. The largest absolute Gasteiger partial charge is 0.416 e. The van der Waals surface area contributed by atoms with Crippen LogP contribution >= 0.6 is 23.2 Å². The van der Waals surface area contributed by atoms with Gasteiger partial charge in [-0.05, 0) is 36.1 Å². The van der Waals surface area contributed by atoms with E-state index < -0.39 is 11.7 Å². The van der Waals surface area contributed by atoms with Gasteiger partial charge in [-0.25, -0.2) is 4.68 Å². The van der Waals surface area contributed by atoms with Crippen molar-refractivity contribution in [3.05, 3.63) is 74.4 Å². The topological polar surface area (TPSA) is 44.5 Å². The van der Waals surface area contributed by atoms with Crippen molar-refractivity contribution in [1.29, 1.82) is 0 Å². The maximum absolute atomic E-state index is 13.3. The summed E-state index contributed by atoms with van der Waals surface area (Å²) in [6, 6.07) is 9.87. The molecule has 0 saturated carbocycles. The molecular formula is C25H27Cl2F3N4O. The second-order valence-corrected chi connectivity index (χ2v) is 9.72. The summed E-state index contributed by atoms with van der Waals surface area (Å²) in [6.07, 6.45) is -3.23. The number of hydrogen-bond donors (Lipinski definition) is 1. The molecular weight excluding hydrogens is 500 g/mol. The van der Waals surface area contributed by atoms with Crippen molar-refractivity contribution in [3.63, 3.8) is 0 Å². The third kappa shape index (κ3) is 5.03. The summed E-state index contributed by atoms with van der Waals surface area (Å²) >= 11 is 12.7. The minimum atomic E-state index is -4.57. The van der Waals surface area contributed by atoms with Gasteiger partial charge in [0.1, 0.15) is 11.5 Å². The molecule has 1 N–H and O–H groups in total. The van der Waals surface area contributed by atoms with E-state index >= 15 is 0 Å². The fraction of sp³-hybridized carbons (Fsp3) is 0.400. The minimum absolute atomic E-state index is 0.0117. The first-order valence-electron chi connectivity index (χ1n) is 11.3. The number of halogens is 5. The van der Waals surface area contributed by atoms with Crippen LogP contribution in [-0.4, -0.2) is 46.5 Å². The summed E-state index contributed by atoms with van der Waals surface area (Å²) in [7, 11) is 3.69. The number of hydrogen-bond acceptors (Lipinski definition) is 4. The molecule has 1 unspecified atom stereocenters. The Labute approximate surface area is 212 Å². The molecule has 1 atom stereocenters. The fourth-order valence-corrected chi connectivity index (χ4v) is 5.34. The smallest absolute Gasteiger partial charge is 0.395 e. The molecule has 0 spiro atoms. The highest BCUT2D eigenvalue weighted by Crippen LogP contribution is 2.40. The van der Waals surface area contributed by atoms with Crippen LogP contribution in [0.3, 0.4) is 0 Å². The summed E-state index contributed by atoms with van der Waals surface area (Å²) in [6.45, 7) is 3.16. The molecule has 0 saturated heterocycles. The molecule has 4 rings (SSSR count). The molecule has 1 aliphatic heterocycles. The Morgan fingerprint density at radius 2 is 1.74 bits per heavy atom. The monoisotopic (exact) mass is 526 g/mol. The van der Waals surface area contributed by atoms with Crippen LogP contribution in [0.5, 0.6) is 0 Å². The van der Waals surface area contributed by atoms with Crippen molar-refractivity contribution in [3.8, 4) is 5.69 Å². The molecule has 2 heterocycles. The third-order valence-electron chi connectivity index (χ3n) is 6.39. The van der Waals surface area contributed by atoms with Crippen molar-refractivity contribution in [2.45, 2.75) is 45.1 Å². The van der Waals surface area contributed by atoms with Crippen molar-refractivity contribution in [1.82, 2.24) is 14.7 Å². The zero-order valence-electron chi connectivity index (χ0n) is 19.7. The number of aryl methyl sites for hydroxylation is 1. The molecule has 0 aliphatic carbocycles. The van der Waals surface area contributed by atoms with Gasteiger partial charge >= 0.3 is 6.18 Å². The molecule has 3 aromatic rings. The second-order valence-electron chi connectivity index (χ2n) is 8.91. The molecule has 35 heavy (non-hydrogen) atoms. The quantitative estimate of drug-likeness (QED) is 0.444. The molecule has 1 aromatic heterocycles.